The lowest BCUT2D eigenvalue weighted by atomic mass is 10.1. The molecule has 1 atom stereocenters. The number of alkyl halides is 1. The monoisotopic (exact) mass is 249 g/mol. The number of nitrogens with zero attached hydrogens (tertiary/aromatic N) is 1. The van der Waals surface area contributed by atoms with E-state index in [0.29, 0.717) is 4.83 Å². The molecule has 0 radical (unpaired) electrons. The van der Waals surface area contributed by atoms with Crippen molar-refractivity contribution in [2.24, 2.45) is 0 Å². The average molecular weight is 250 g/mol. The van der Waals surface area contributed by atoms with Gasteiger partial charge in [0.1, 0.15) is 0 Å². The summed E-state index contributed by atoms with van der Waals surface area (Å²) < 4.78 is 5.46. The molecule has 13 heavy (non-hydrogen) atoms. The molecule has 1 saturated heterocycles. The van der Waals surface area contributed by atoms with Gasteiger partial charge in [-0.3, -0.25) is 4.90 Å². The molecular formula is C10H20BrNO. The first-order chi connectivity index (χ1) is 6.33. The number of hydrogen-bond acceptors (Lipinski definition) is 2. The molecule has 0 saturated carbocycles. The van der Waals surface area contributed by atoms with Crippen molar-refractivity contribution >= 4 is 15.9 Å². The molecule has 2 nitrogen and oxygen atoms in total. The van der Waals surface area contributed by atoms with E-state index in [9.17, 15) is 0 Å². The zero-order valence-corrected chi connectivity index (χ0v) is 10.1. The molecule has 0 aromatic rings. The molecule has 0 spiro atoms. The highest BCUT2D eigenvalue weighted by Crippen LogP contribution is 2.16. The van der Waals surface area contributed by atoms with E-state index in [1.165, 1.54) is 25.9 Å². The van der Waals surface area contributed by atoms with Crippen LogP contribution < -0.4 is 0 Å². The van der Waals surface area contributed by atoms with Gasteiger partial charge in [0.15, 0.2) is 0 Å². The number of halogens is 1. The first-order valence-electron chi connectivity index (χ1n) is 5.27. The Balaban J connectivity index is 2.00. The zero-order valence-electron chi connectivity index (χ0n) is 8.47. The van der Waals surface area contributed by atoms with E-state index >= 15 is 0 Å². The van der Waals surface area contributed by atoms with Crippen molar-refractivity contribution in [1.82, 2.24) is 4.90 Å². The van der Waals surface area contributed by atoms with Gasteiger partial charge in [0.05, 0.1) is 6.61 Å². The molecule has 1 unspecified atom stereocenters. The largest absolute Gasteiger partial charge is 0.380 e. The number of hydrogen-bond donors (Lipinski definition) is 0. The normalized spacial score (nSPS) is 24.9. The smallest absolute Gasteiger partial charge is 0.0593 e. The van der Waals surface area contributed by atoms with E-state index < -0.39 is 0 Å². The molecule has 0 N–H and O–H groups in total. The lowest BCUT2D eigenvalue weighted by molar-refractivity contribution is 0.0982. The molecular weight excluding hydrogens is 230 g/mol. The van der Waals surface area contributed by atoms with Gasteiger partial charge in [0.2, 0.25) is 0 Å². The predicted molar refractivity (Wildman–Crippen MR) is 59.5 cm³/mol. The lowest BCUT2D eigenvalue weighted by Crippen LogP contribution is -2.37. The van der Waals surface area contributed by atoms with Crippen LogP contribution in [0.15, 0.2) is 0 Å². The lowest BCUT2D eigenvalue weighted by Gasteiger charge is -2.29. The van der Waals surface area contributed by atoms with Crippen molar-refractivity contribution < 1.29 is 4.74 Å². The van der Waals surface area contributed by atoms with E-state index in [-0.39, 0.29) is 0 Å². The van der Waals surface area contributed by atoms with Gasteiger partial charge in [-0.05, 0) is 25.8 Å². The van der Waals surface area contributed by atoms with Crippen molar-refractivity contribution in [3.8, 4) is 0 Å². The predicted octanol–water partition coefficient (Wildman–Crippen LogP) is 2.27. The van der Waals surface area contributed by atoms with Gasteiger partial charge in [-0.2, -0.15) is 0 Å². The summed E-state index contributed by atoms with van der Waals surface area (Å²) in [6.45, 7) is 7.49. The molecule has 78 valence electrons. The Morgan fingerprint density at radius 1 is 1.46 bits per heavy atom. The van der Waals surface area contributed by atoms with Gasteiger partial charge in [-0.15, -0.1) is 0 Å². The highest BCUT2D eigenvalue weighted by atomic mass is 79.9. The Bertz CT molecular complexity index is 132. The molecule has 0 amide bonds. The molecule has 0 aromatic carbocycles. The van der Waals surface area contributed by atoms with Crippen molar-refractivity contribution in [1.29, 1.82) is 0 Å². The Labute approximate surface area is 89.8 Å². The van der Waals surface area contributed by atoms with E-state index in [4.69, 9.17) is 4.74 Å². The van der Waals surface area contributed by atoms with Crippen LogP contribution in [-0.4, -0.2) is 42.6 Å². The maximum Gasteiger partial charge on any atom is 0.0593 e. The van der Waals surface area contributed by atoms with Crippen molar-refractivity contribution in [2.45, 2.75) is 31.0 Å². The van der Waals surface area contributed by atoms with Crippen LogP contribution in [0.1, 0.15) is 26.2 Å². The van der Waals surface area contributed by atoms with Crippen LogP contribution in [0, 0.1) is 0 Å². The van der Waals surface area contributed by atoms with Gasteiger partial charge >= 0.3 is 0 Å². The number of rotatable bonds is 5. The van der Waals surface area contributed by atoms with Gasteiger partial charge in [-0.1, -0.05) is 22.9 Å². The molecule has 3 heteroatoms. The highest BCUT2D eigenvalue weighted by Gasteiger charge is 2.16. The standard InChI is InChI=1S/C10H20BrNO/c1-2-7-13-8-6-12-5-3-4-10(11)9-12/h10H,2-9H2,1H3. The van der Waals surface area contributed by atoms with E-state index in [1.54, 1.807) is 0 Å². The van der Waals surface area contributed by atoms with Crippen LogP contribution in [0.4, 0.5) is 0 Å². The van der Waals surface area contributed by atoms with Crippen molar-refractivity contribution in [3.63, 3.8) is 0 Å². The topological polar surface area (TPSA) is 12.5 Å². The van der Waals surface area contributed by atoms with Crippen LogP contribution in [0.25, 0.3) is 0 Å². The van der Waals surface area contributed by atoms with Gasteiger partial charge in [0.25, 0.3) is 0 Å². The third-order valence-corrected chi connectivity index (χ3v) is 3.10. The number of likely N-dealkylation sites (tertiary alicyclic amines) is 1. The highest BCUT2D eigenvalue weighted by molar-refractivity contribution is 9.09. The first kappa shape index (κ1) is 11.5. The Morgan fingerprint density at radius 3 is 3.00 bits per heavy atom. The second-order valence-corrected chi connectivity index (χ2v) is 4.95. The third-order valence-electron chi connectivity index (χ3n) is 2.35. The van der Waals surface area contributed by atoms with Crippen molar-refractivity contribution in [3.05, 3.63) is 0 Å². The minimum atomic E-state index is 0.701. The molecule has 1 heterocycles. The molecule has 1 aliphatic heterocycles. The summed E-state index contributed by atoms with van der Waals surface area (Å²) in [5, 5.41) is 0. The summed E-state index contributed by atoms with van der Waals surface area (Å²) >= 11 is 3.67. The third kappa shape index (κ3) is 4.99. The number of ether oxygens (including phenoxy) is 1. The molecule has 0 aliphatic carbocycles. The average Bonchev–Trinajstić information content (AvgIpc) is 2.13. The fraction of sp³-hybridized carbons (Fsp3) is 1.00. The molecule has 0 aromatic heterocycles. The van der Waals surface area contributed by atoms with E-state index in [1.807, 2.05) is 0 Å². The Kier molecular flexibility index (Phi) is 6.00. The summed E-state index contributed by atoms with van der Waals surface area (Å²) in [4.78, 5) is 3.19. The van der Waals surface area contributed by atoms with Gasteiger partial charge < -0.3 is 4.74 Å². The quantitative estimate of drug-likeness (QED) is 0.548. The SMILES string of the molecule is CCCOCCN1CCCC(Br)C1. The fourth-order valence-electron chi connectivity index (χ4n) is 1.64. The maximum absolute atomic E-state index is 5.46. The van der Waals surface area contributed by atoms with Crippen LogP contribution >= 0.6 is 15.9 Å². The second-order valence-electron chi connectivity index (χ2n) is 3.65. The Morgan fingerprint density at radius 2 is 2.31 bits per heavy atom. The Hall–Kier alpha value is 0.400. The molecule has 1 fully saturated rings. The molecule has 1 rings (SSSR count). The van der Waals surface area contributed by atoms with Gasteiger partial charge in [0, 0.05) is 24.5 Å². The summed E-state index contributed by atoms with van der Waals surface area (Å²) in [5.74, 6) is 0. The van der Waals surface area contributed by atoms with Crippen LogP contribution in [0.2, 0.25) is 0 Å². The zero-order chi connectivity index (χ0) is 9.52. The molecule has 1 aliphatic rings. The summed E-state index contributed by atoms with van der Waals surface area (Å²) in [5.41, 5.74) is 0. The van der Waals surface area contributed by atoms with E-state index in [0.717, 1.165) is 26.2 Å². The summed E-state index contributed by atoms with van der Waals surface area (Å²) in [6.07, 6.45) is 3.77. The second kappa shape index (κ2) is 6.80. The number of piperidine rings is 1. The fourth-order valence-corrected chi connectivity index (χ4v) is 2.38. The summed E-state index contributed by atoms with van der Waals surface area (Å²) in [7, 11) is 0. The minimum absolute atomic E-state index is 0.701. The van der Waals surface area contributed by atoms with Crippen LogP contribution in [0.3, 0.4) is 0 Å². The summed E-state index contributed by atoms with van der Waals surface area (Å²) in [6, 6.07) is 0. The minimum Gasteiger partial charge on any atom is -0.380 e. The van der Waals surface area contributed by atoms with Crippen LogP contribution in [0.5, 0.6) is 0 Å². The van der Waals surface area contributed by atoms with Gasteiger partial charge in [-0.25, -0.2) is 0 Å². The first-order valence-corrected chi connectivity index (χ1v) is 6.18. The van der Waals surface area contributed by atoms with E-state index in [2.05, 4.69) is 27.8 Å². The van der Waals surface area contributed by atoms with Crippen molar-refractivity contribution in [2.75, 3.05) is 32.8 Å². The maximum atomic E-state index is 5.46. The van der Waals surface area contributed by atoms with Crippen LogP contribution in [-0.2, 0) is 4.74 Å². The molecule has 0 bridgehead atoms.